The van der Waals surface area contributed by atoms with Crippen molar-refractivity contribution in [3.05, 3.63) is 11.8 Å². The van der Waals surface area contributed by atoms with E-state index in [9.17, 15) is 21.6 Å². The summed E-state index contributed by atoms with van der Waals surface area (Å²) < 4.78 is 61.8. The van der Waals surface area contributed by atoms with Crippen molar-refractivity contribution in [2.75, 3.05) is 0 Å². The van der Waals surface area contributed by atoms with Crippen LogP contribution in [-0.2, 0) is 14.3 Å². The summed E-state index contributed by atoms with van der Waals surface area (Å²) in [6.45, 7) is 0. The van der Waals surface area contributed by atoms with Crippen LogP contribution in [0.15, 0.2) is 11.8 Å². The van der Waals surface area contributed by atoms with Gasteiger partial charge in [-0.3, -0.25) is 0 Å². The summed E-state index contributed by atoms with van der Waals surface area (Å²) in [5, 5.41) is 0. The number of alkyl halides is 3. The van der Waals surface area contributed by atoms with Crippen molar-refractivity contribution in [1.82, 2.24) is 0 Å². The van der Waals surface area contributed by atoms with Crippen molar-refractivity contribution in [3.8, 4) is 0 Å². The first-order valence-corrected chi connectivity index (χ1v) is 19.3. The predicted molar refractivity (Wildman–Crippen MR) is 77.6 cm³/mol. The molecular weight excluding hydrogens is 626 g/mol. The molecule has 0 amide bonds. The van der Waals surface area contributed by atoms with Crippen molar-refractivity contribution < 1.29 is 39.0 Å². The minimum atomic E-state index is -5.48. The standard InChI is InChI=1S/C9H11F3O3S.I3/c10-9(11,12)16(13,14)15-8-4-6-1-2-7(3-6)5-8;1-3-2/h4,6-7H,1-3,5H2;/q;-1. The van der Waals surface area contributed by atoms with E-state index in [1.165, 1.54) is 6.08 Å². The van der Waals surface area contributed by atoms with E-state index in [0.717, 1.165) is 19.3 Å². The fourth-order valence-electron chi connectivity index (χ4n) is 2.32. The fourth-order valence-corrected chi connectivity index (χ4v) is 2.82. The largest absolute Gasteiger partial charge is 0.534 e. The summed E-state index contributed by atoms with van der Waals surface area (Å²) in [6.07, 6.45) is 4.58. The molecule has 3 nitrogen and oxygen atoms in total. The Balaban J connectivity index is 0.000000550. The number of allylic oxidation sites excluding steroid dienone is 2. The Morgan fingerprint density at radius 1 is 1.32 bits per heavy atom. The SMILES string of the molecule is I[I-]I.O=S(=O)(OC1=CC2CCC(C1)C2)C(F)(F)F. The number of fused-ring (bicyclic) bond motifs is 2. The van der Waals surface area contributed by atoms with E-state index in [1.54, 1.807) is 0 Å². The van der Waals surface area contributed by atoms with Gasteiger partial charge in [0.1, 0.15) is 5.76 Å². The molecule has 0 saturated heterocycles. The Morgan fingerprint density at radius 2 is 1.89 bits per heavy atom. The first kappa shape index (κ1) is 18.5. The van der Waals surface area contributed by atoms with E-state index < -0.39 is 15.6 Å². The fraction of sp³-hybridized carbons (Fsp3) is 0.778. The normalized spacial score (nSPS) is 26.5. The Kier molecular flexibility index (Phi) is 7.45. The zero-order valence-corrected chi connectivity index (χ0v) is 16.8. The van der Waals surface area contributed by atoms with E-state index >= 15 is 0 Å². The van der Waals surface area contributed by atoms with E-state index in [4.69, 9.17) is 0 Å². The molecule has 2 unspecified atom stereocenters. The van der Waals surface area contributed by atoms with Crippen molar-refractivity contribution in [3.63, 3.8) is 0 Å². The van der Waals surface area contributed by atoms with E-state index in [-0.39, 0.29) is 17.6 Å². The van der Waals surface area contributed by atoms with Gasteiger partial charge in [0.25, 0.3) is 0 Å². The van der Waals surface area contributed by atoms with Gasteiger partial charge in [-0.25, -0.2) is 0 Å². The van der Waals surface area contributed by atoms with Gasteiger partial charge in [-0.1, -0.05) is 0 Å². The Hall–Kier alpha value is 1.47. The minimum absolute atomic E-state index is 0.0453. The smallest absolute Gasteiger partial charge is 0.381 e. The second-order valence-electron chi connectivity index (χ2n) is 4.31. The average Bonchev–Trinajstić information content (AvgIpc) is 2.57. The molecule has 0 aliphatic heterocycles. The second kappa shape index (κ2) is 7.65. The Labute approximate surface area is 139 Å². The van der Waals surface area contributed by atoms with Crippen LogP contribution in [0, 0.1) is 11.8 Å². The monoisotopic (exact) mass is 637 g/mol. The quantitative estimate of drug-likeness (QED) is 0.261. The maximum absolute atomic E-state index is 12.1. The van der Waals surface area contributed by atoms with Crippen LogP contribution in [0.4, 0.5) is 13.2 Å². The predicted octanol–water partition coefficient (Wildman–Crippen LogP) is 1.33. The van der Waals surface area contributed by atoms with Crippen molar-refractivity contribution >= 4 is 47.3 Å². The summed E-state index contributed by atoms with van der Waals surface area (Å²) in [5.74, 6) is 0.404. The van der Waals surface area contributed by atoms with Crippen LogP contribution < -0.4 is 13.3 Å². The number of halogens is 6. The van der Waals surface area contributed by atoms with Crippen molar-refractivity contribution in [2.45, 2.75) is 31.2 Å². The van der Waals surface area contributed by atoms with Gasteiger partial charge in [0.05, 0.1) is 0 Å². The van der Waals surface area contributed by atoms with Gasteiger partial charge < -0.3 is 4.18 Å². The van der Waals surface area contributed by atoms with E-state index in [0.29, 0.717) is 19.7 Å². The van der Waals surface area contributed by atoms with Crippen LogP contribution in [0.3, 0.4) is 0 Å². The van der Waals surface area contributed by atoms with Gasteiger partial charge >= 0.3 is 66.1 Å². The molecule has 2 aliphatic carbocycles. The number of hydrogen-bond acceptors (Lipinski definition) is 3. The molecule has 10 heteroatoms. The summed E-state index contributed by atoms with van der Waals surface area (Å²) in [4.78, 5) is 0. The van der Waals surface area contributed by atoms with Crippen molar-refractivity contribution in [2.24, 2.45) is 11.8 Å². The van der Waals surface area contributed by atoms with Gasteiger partial charge in [-0.05, 0) is 37.2 Å². The average molecular weight is 637 g/mol. The second-order valence-corrected chi connectivity index (χ2v) is 22.1. The molecule has 0 aromatic carbocycles. The Bertz CT molecular complexity index is 436. The summed E-state index contributed by atoms with van der Waals surface area (Å²) in [7, 11) is -5.48. The summed E-state index contributed by atoms with van der Waals surface area (Å²) in [5.41, 5.74) is -5.34. The van der Waals surface area contributed by atoms with Gasteiger partial charge in [0.15, 0.2) is 0 Å². The molecule has 0 radical (unpaired) electrons. The van der Waals surface area contributed by atoms with Crippen LogP contribution in [0.5, 0.6) is 0 Å². The maximum atomic E-state index is 12.1. The van der Waals surface area contributed by atoms with Gasteiger partial charge in [0, 0.05) is 6.42 Å². The molecular formula is C9H11F3I3O3S-. The van der Waals surface area contributed by atoms with E-state index in [1.807, 2.05) is 0 Å². The molecule has 0 heterocycles. The van der Waals surface area contributed by atoms with Gasteiger partial charge in [-0.2, -0.15) is 21.6 Å². The molecule has 114 valence electrons. The van der Waals surface area contributed by atoms with Crippen LogP contribution in [0.1, 0.15) is 25.7 Å². The minimum Gasteiger partial charge on any atom is -0.381 e. The zero-order chi connectivity index (χ0) is 14.7. The van der Waals surface area contributed by atoms with Crippen LogP contribution in [0.25, 0.3) is 0 Å². The summed E-state index contributed by atoms with van der Waals surface area (Å²) >= 11 is 5.30. The molecule has 19 heavy (non-hydrogen) atoms. The maximum Gasteiger partial charge on any atom is 0.534 e. The number of hydrogen-bond donors (Lipinski definition) is 0. The van der Waals surface area contributed by atoms with Crippen LogP contribution >= 0.6 is 37.2 Å². The van der Waals surface area contributed by atoms with Crippen LogP contribution in [0.2, 0.25) is 0 Å². The van der Waals surface area contributed by atoms with Gasteiger partial charge in [-0.15, -0.1) is 0 Å². The Morgan fingerprint density at radius 3 is 2.37 bits per heavy atom. The first-order chi connectivity index (χ1) is 8.69. The molecule has 2 aliphatic rings. The zero-order valence-electron chi connectivity index (χ0n) is 9.46. The van der Waals surface area contributed by atoms with Crippen LogP contribution in [-0.4, -0.2) is 13.9 Å². The molecule has 1 saturated carbocycles. The van der Waals surface area contributed by atoms with Crippen molar-refractivity contribution in [1.29, 1.82) is 0 Å². The third-order valence-corrected chi connectivity index (χ3v) is 3.99. The van der Waals surface area contributed by atoms with Gasteiger partial charge in [0.2, 0.25) is 0 Å². The molecule has 0 N–H and O–H groups in total. The number of rotatable bonds is 2. The third-order valence-electron chi connectivity index (χ3n) is 2.99. The first-order valence-electron chi connectivity index (χ1n) is 5.28. The molecule has 2 atom stereocenters. The molecule has 2 bridgehead atoms. The summed E-state index contributed by atoms with van der Waals surface area (Å²) in [6, 6.07) is 0. The van der Waals surface area contributed by atoms with E-state index in [2.05, 4.69) is 41.4 Å². The molecule has 2 rings (SSSR count). The molecule has 1 fully saturated rings. The topological polar surface area (TPSA) is 43.4 Å². The third kappa shape index (κ3) is 5.64. The molecule has 0 aromatic heterocycles. The molecule has 0 aromatic rings. The molecule has 0 spiro atoms.